The molecule has 0 aromatic heterocycles. The highest BCUT2D eigenvalue weighted by atomic mass is 79.9. The first kappa shape index (κ1) is 12.9. The van der Waals surface area contributed by atoms with Gasteiger partial charge in [0.15, 0.2) is 0 Å². The van der Waals surface area contributed by atoms with Gasteiger partial charge in [-0.15, -0.1) is 0 Å². The van der Waals surface area contributed by atoms with E-state index in [1.54, 1.807) is 0 Å². The van der Waals surface area contributed by atoms with Crippen molar-refractivity contribution in [3.05, 3.63) is 69.7 Å². The monoisotopic (exact) mass is 315 g/mol. The van der Waals surface area contributed by atoms with Crippen molar-refractivity contribution in [1.29, 1.82) is 0 Å². The van der Waals surface area contributed by atoms with Crippen molar-refractivity contribution in [2.45, 2.75) is 31.2 Å². The topological polar surface area (TPSA) is 26.0 Å². The summed E-state index contributed by atoms with van der Waals surface area (Å²) < 4.78 is 1.09. The van der Waals surface area contributed by atoms with E-state index >= 15 is 0 Å². The molecule has 1 fully saturated rings. The Morgan fingerprint density at radius 1 is 1.00 bits per heavy atom. The average Bonchev–Trinajstić information content (AvgIpc) is 2.37. The van der Waals surface area contributed by atoms with Crippen LogP contribution in [-0.2, 0) is 0 Å². The molecule has 0 heterocycles. The second-order valence-corrected chi connectivity index (χ2v) is 6.20. The normalized spacial score (nSPS) is 16.9. The Balaban J connectivity index is 1.94. The highest BCUT2D eigenvalue weighted by Crippen LogP contribution is 2.40. The lowest BCUT2D eigenvalue weighted by atomic mass is 9.76. The number of benzene rings is 2. The number of halogens is 1. The van der Waals surface area contributed by atoms with E-state index in [9.17, 15) is 0 Å². The zero-order valence-electron chi connectivity index (χ0n) is 10.9. The van der Waals surface area contributed by atoms with Crippen LogP contribution in [0.25, 0.3) is 0 Å². The number of nitrogens with two attached hydrogens (primary N) is 1. The molecule has 1 saturated carbocycles. The van der Waals surface area contributed by atoms with Gasteiger partial charge >= 0.3 is 0 Å². The Hall–Kier alpha value is -1.12. The van der Waals surface area contributed by atoms with E-state index in [1.807, 2.05) is 0 Å². The van der Waals surface area contributed by atoms with Gasteiger partial charge in [-0.1, -0.05) is 58.7 Å². The van der Waals surface area contributed by atoms with Crippen LogP contribution in [0.3, 0.4) is 0 Å². The van der Waals surface area contributed by atoms with E-state index in [1.165, 1.54) is 36.0 Å². The standard InChI is InChI=1S/C17H18BrN/c18-14-10-8-13(9-11-14)17(19)16-7-2-1-6-15(16)12-4-3-5-12/h1-2,6-12,17H,3-5,19H2. The molecule has 98 valence electrons. The largest absolute Gasteiger partial charge is 0.320 e. The van der Waals surface area contributed by atoms with Crippen molar-refractivity contribution in [3.63, 3.8) is 0 Å². The third-order valence-electron chi connectivity index (χ3n) is 4.11. The summed E-state index contributed by atoms with van der Waals surface area (Å²) in [7, 11) is 0. The first-order chi connectivity index (χ1) is 9.25. The summed E-state index contributed by atoms with van der Waals surface area (Å²) >= 11 is 3.47. The molecule has 19 heavy (non-hydrogen) atoms. The molecule has 0 bridgehead atoms. The minimum atomic E-state index is -0.0232. The van der Waals surface area contributed by atoms with Gasteiger partial charge in [-0.25, -0.2) is 0 Å². The van der Waals surface area contributed by atoms with Crippen molar-refractivity contribution in [2.75, 3.05) is 0 Å². The van der Waals surface area contributed by atoms with Crippen LogP contribution in [0.4, 0.5) is 0 Å². The summed E-state index contributed by atoms with van der Waals surface area (Å²) in [5.41, 5.74) is 10.4. The van der Waals surface area contributed by atoms with E-state index in [-0.39, 0.29) is 6.04 Å². The van der Waals surface area contributed by atoms with E-state index in [2.05, 4.69) is 64.5 Å². The fraction of sp³-hybridized carbons (Fsp3) is 0.294. The smallest absolute Gasteiger partial charge is 0.0554 e. The van der Waals surface area contributed by atoms with E-state index < -0.39 is 0 Å². The maximum Gasteiger partial charge on any atom is 0.0554 e. The quantitative estimate of drug-likeness (QED) is 0.867. The van der Waals surface area contributed by atoms with Gasteiger partial charge in [0, 0.05) is 4.47 Å². The Morgan fingerprint density at radius 3 is 2.32 bits per heavy atom. The predicted octanol–water partition coefficient (Wildman–Crippen LogP) is 4.76. The molecular formula is C17H18BrN. The van der Waals surface area contributed by atoms with Crippen molar-refractivity contribution >= 4 is 15.9 Å². The van der Waals surface area contributed by atoms with E-state index in [0.29, 0.717) is 0 Å². The molecule has 0 amide bonds. The van der Waals surface area contributed by atoms with Crippen LogP contribution in [0.5, 0.6) is 0 Å². The van der Waals surface area contributed by atoms with Gasteiger partial charge in [-0.3, -0.25) is 0 Å². The summed E-state index contributed by atoms with van der Waals surface area (Å²) in [5, 5.41) is 0. The first-order valence-electron chi connectivity index (χ1n) is 6.85. The van der Waals surface area contributed by atoms with Crippen molar-refractivity contribution in [1.82, 2.24) is 0 Å². The molecule has 2 aromatic carbocycles. The molecule has 1 aliphatic carbocycles. The van der Waals surface area contributed by atoms with Gasteiger partial charge < -0.3 is 5.73 Å². The van der Waals surface area contributed by atoms with Gasteiger partial charge in [0.25, 0.3) is 0 Å². The van der Waals surface area contributed by atoms with Gasteiger partial charge in [-0.2, -0.15) is 0 Å². The average molecular weight is 316 g/mol. The Labute approximate surface area is 123 Å². The summed E-state index contributed by atoms with van der Waals surface area (Å²) in [5.74, 6) is 0.720. The second kappa shape index (κ2) is 5.48. The van der Waals surface area contributed by atoms with Gasteiger partial charge in [0.2, 0.25) is 0 Å². The summed E-state index contributed by atoms with van der Waals surface area (Å²) in [4.78, 5) is 0. The van der Waals surface area contributed by atoms with Crippen LogP contribution < -0.4 is 5.73 Å². The highest BCUT2D eigenvalue weighted by molar-refractivity contribution is 9.10. The van der Waals surface area contributed by atoms with Crippen molar-refractivity contribution in [2.24, 2.45) is 5.73 Å². The Morgan fingerprint density at radius 2 is 1.68 bits per heavy atom. The lowest BCUT2D eigenvalue weighted by Gasteiger charge is -2.29. The second-order valence-electron chi connectivity index (χ2n) is 5.29. The SMILES string of the molecule is NC(c1ccc(Br)cc1)c1ccccc1C1CCC1. The molecule has 1 atom stereocenters. The van der Waals surface area contributed by atoms with Gasteiger partial charge in [-0.05, 0) is 47.6 Å². The summed E-state index contributed by atoms with van der Waals surface area (Å²) in [6.45, 7) is 0. The van der Waals surface area contributed by atoms with Crippen LogP contribution in [-0.4, -0.2) is 0 Å². The van der Waals surface area contributed by atoms with Gasteiger partial charge in [0.1, 0.15) is 0 Å². The van der Waals surface area contributed by atoms with Crippen LogP contribution >= 0.6 is 15.9 Å². The maximum absolute atomic E-state index is 6.47. The van der Waals surface area contributed by atoms with Crippen LogP contribution in [0.1, 0.15) is 47.9 Å². The minimum absolute atomic E-state index is 0.0232. The molecule has 0 spiro atoms. The fourth-order valence-electron chi connectivity index (χ4n) is 2.73. The lowest BCUT2D eigenvalue weighted by Crippen LogP contribution is -2.18. The molecule has 1 aliphatic rings. The Bertz CT molecular complexity index is 558. The molecule has 0 radical (unpaired) electrons. The third kappa shape index (κ3) is 2.60. The zero-order chi connectivity index (χ0) is 13.2. The van der Waals surface area contributed by atoms with Crippen molar-refractivity contribution in [3.8, 4) is 0 Å². The zero-order valence-corrected chi connectivity index (χ0v) is 12.4. The number of hydrogen-bond acceptors (Lipinski definition) is 1. The summed E-state index contributed by atoms with van der Waals surface area (Å²) in [6.07, 6.45) is 3.97. The lowest BCUT2D eigenvalue weighted by molar-refractivity contribution is 0.416. The van der Waals surface area contributed by atoms with E-state index in [0.717, 1.165) is 10.4 Å². The molecule has 0 aliphatic heterocycles. The molecule has 2 heteroatoms. The summed E-state index contributed by atoms with van der Waals surface area (Å²) in [6, 6.07) is 16.9. The first-order valence-corrected chi connectivity index (χ1v) is 7.65. The van der Waals surface area contributed by atoms with Crippen LogP contribution in [0, 0.1) is 0 Å². The molecule has 1 unspecified atom stereocenters. The highest BCUT2D eigenvalue weighted by Gasteiger charge is 2.24. The van der Waals surface area contributed by atoms with Crippen LogP contribution in [0.15, 0.2) is 53.0 Å². The number of hydrogen-bond donors (Lipinski definition) is 1. The minimum Gasteiger partial charge on any atom is -0.320 e. The van der Waals surface area contributed by atoms with Crippen molar-refractivity contribution < 1.29 is 0 Å². The molecule has 1 nitrogen and oxygen atoms in total. The molecule has 2 aromatic rings. The van der Waals surface area contributed by atoms with Gasteiger partial charge in [0.05, 0.1) is 6.04 Å². The fourth-order valence-corrected chi connectivity index (χ4v) is 3.00. The maximum atomic E-state index is 6.47. The number of rotatable bonds is 3. The van der Waals surface area contributed by atoms with E-state index in [4.69, 9.17) is 5.73 Å². The molecular weight excluding hydrogens is 298 g/mol. The third-order valence-corrected chi connectivity index (χ3v) is 4.63. The molecule has 3 rings (SSSR count). The predicted molar refractivity (Wildman–Crippen MR) is 83.2 cm³/mol. The van der Waals surface area contributed by atoms with Crippen LogP contribution in [0.2, 0.25) is 0 Å². The Kier molecular flexibility index (Phi) is 3.72. The molecule has 0 saturated heterocycles. The molecule has 2 N–H and O–H groups in total.